The van der Waals surface area contributed by atoms with Gasteiger partial charge >= 0.3 is 0 Å². The highest BCUT2D eigenvalue weighted by Gasteiger charge is 2.20. The van der Waals surface area contributed by atoms with Crippen LogP contribution in [0.4, 0.5) is 0 Å². The van der Waals surface area contributed by atoms with Crippen LogP contribution in [0.15, 0.2) is 60.7 Å². The molecule has 0 unspecified atom stereocenters. The van der Waals surface area contributed by atoms with Gasteiger partial charge in [-0.25, -0.2) is 0 Å². The second-order valence-corrected chi connectivity index (χ2v) is 6.18. The van der Waals surface area contributed by atoms with E-state index in [-0.39, 0.29) is 0 Å². The molecule has 1 saturated heterocycles. The molecule has 0 aliphatic carbocycles. The minimum Gasteiger partial charge on any atom is -0.379 e. The third kappa shape index (κ3) is 4.64. The Morgan fingerprint density at radius 1 is 0.913 bits per heavy atom. The van der Waals surface area contributed by atoms with Gasteiger partial charge < -0.3 is 10.1 Å². The molecule has 1 heterocycles. The molecule has 3 heteroatoms. The van der Waals surface area contributed by atoms with E-state index in [9.17, 15) is 0 Å². The molecule has 1 N–H and O–H groups in total. The zero-order chi connectivity index (χ0) is 15.9. The topological polar surface area (TPSA) is 24.5 Å². The zero-order valence-corrected chi connectivity index (χ0v) is 13.8. The molecule has 0 bridgehead atoms. The van der Waals surface area contributed by atoms with Crippen LogP contribution in [-0.4, -0.2) is 37.7 Å². The van der Waals surface area contributed by atoms with E-state index in [1.165, 1.54) is 11.1 Å². The van der Waals surface area contributed by atoms with Crippen molar-refractivity contribution in [2.75, 3.05) is 32.8 Å². The van der Waals surface area contributed by atoms with E-state index in [0.717, 1.165) is 32.8 Å². The number of benzene rings is 2. The van der Waals surface area contributed by atoms with Crippen LogP contribution in [0.1, 0.15) is 30.1 Å². The first kappa shape index (κ1) is 16.2. The van der Waals surface area contributed by atoms with Gasteiger partial charge in [0, 0.05) is 31.7 Å². The maximum absolute atomic E-state index is 5.48. The van der Waals surface area contributed by atoms with E-state index in [0.29, 0.717) is 12.1 Å². The average molecular weight is 310 g/mol. The number of nitrogens with zero attached hydrogens (tertiary/aromatic N) is 1. The summed E-state index contributed by atoms with van der Waals surface area (Å²) in [5, 5.41) is 3.81. The highest BCUT2D eigenvalue weighted by molar-refractivity contribution is 5.22. The third-order valence-corrected chi connectivity index (χ3v) is 4.50. The summed E-state index contributed by atoms with van der Waals surface area (Å²) in [7, 11) is 0. The van der Waals surface area contributed by atoms with Gasteiger partial charge in [0.2, 0.25) is 0 Å². The van der Waals surface area contributed by atoms with Gasteiger partial charge in [-0.05, 0) is 18.1 Å². The van der Waals surface area contributed by atoms with Gasteiger partial charge in [-0.2, -0.15) is 0 Å². The molecule has 0 amide bonds. The molecule has 2 aromatic carbocycles. The normalized spacial score (nSPS) is 18.5. The van der Waals surface area contributed by atoms with E-state index >= 15 is 0 Å². The predicted molar refractivity (Wildman–Crippen MR) is 94.4 cm³/mol. The molecule has 1 aliphatic heterocycles. The van der Waals surface area contributed by atoms with Crippen LogP contribution in [0.3, 0.4) is 0 Å². The van der Waals surface area contributed by atoms with Crippen molar-refractivity contribution in [1.82, 2.24) is 10.2 Å². The summed E-state index contributed by atoms with van der Waals surface area (Å²) >= 11 is 0. The molecular weight excluding hydrogens is 284 g/mol. The lowest BCUT2D eigenvalue weighted by atomic mass is 10.0. The Hall–Kier alpha value is -1.68. The monoisotopic (exact) mass is 310 g/mol. The number of nitrogens with one attached hydrogen (secondary N) is 1. The fourth-order valence-corrected chi connectivity index (χ4v) is 3.12. The lowest BCUT2D eigenvalue weighted by Crippen LogP contribution is -2.42. The fraction of sp³-hybridized carbons (Fsp3) is 0.400. The molecule has 23 heavy (non-hydrogen) atoms. The Balaban J connectivity index is 1.72. The second kappa shape index (κ2) is 8.25. The first-order valence-electron chi connectivity index (χ1n) is 8.49. The first-order chi connectivity index (χ1) is 11.3. The number of rotatable bonds is 6. The minimum absolute atomic E-state index is 0.322. The molecule has 2 aromatic rings. The zero-order valence-electron chi connectivity index (χ0n) is 13.8. The highest BCUT2D eigenvalue weighted by atomic mass is 16.5. The van der Waals surface area contributed by atoms with Crippen molar-refractivity contribution in [2.45, 2.75) is 19.0 Å². The van der Waals surface area contributed by atoms with Crippen LogP contribution in [0.5, 0.6) is 0 Å². The van der Waals surface area contributed by atoms with E-state index in [2.05, 4.69) is 77.8 Å². The summed E-state index contributed by atoms with van der Waals surface area (Å²) in [4.78, 5) is 2.49. The van der Waals surface area contributed by atoms with Crippen molar-refractivity contribution < 1.29 is 4.74 Å². The Kier molecular flexibility index (Phi) is 5.81. The van der Waals surface area contributed by atoms with Crippen molar-refractivity contribution in [3.05, 3.63) is 71.8 Å². The number of hydrogen-bond acceptors (Lipinski definition) is 3. The van der Waals surface area contributed by atoms with E-state index in [4.69, 9.17) is 4.74 Å². The number of morpholine rings is 1. The van der Waals surface area contributed by atoms with Crippen molar-refractivity contribution in [3.8, 4) is 0 Å². The van der Waals surface area contributed by atoms with Gasteiger partial charge in [-0.1, -0.05) is 60.7 Å². The number of ether oxygens (including phenoxy) is 1. The van der Waals surface area contributed by atoms with Crippen LogP contribution in [-0.2, 0) is 4.74 Å². The fourth-order valence-electron chi connectivity index (χ4n) is 3.12. The van der Waals surface area contributed by atoms with Crippen molar-refractivity contribution in [2.24, 2.45) is 0 Å². The van der Waals surface area contributed by atoms with Crippen LogP contribution in [0.2, 0.25) is 0 Å². The summed E-state index contributed by atoms with van der Waals surface area (Å²) in [5.41, 5.74) is 2.68. The minimum atomic E-state index is 0.322. The summed E-state index contributed by atoms with van der Waals surface area (Å²) in [6.07, 6.45) is 0. The van der Waals surface area contributed by atoms with E-state index < -0.39 is 0 Å². The Bertz CT molecular complexity index is 567. The largest absolute Gasteiger partial charge is 0.379 e. The van der Waals surface area contributed by atoms with E-state index in [1.807, 2.05) is 0 Å². The molecular formula is C20H26N2O. The van der Waals surface area contributed by atoms with Crippen molar-refractivity contribution >= 4 is 0 Å². The molecule has 3 nitrogen and oxygen atoms in total. The summed E-state index contributed by atoms with van der Waals surface area (Å²) in [6, 6.07) is 22.1. The lowest BCUT2D eigenvalue weighted by molar-refractivity contribution is 0.0329. The second-order valence-electron chi connectivity index (χ2n) is 6.18. The molecule has 0 saturated carbocycles. The molecule has 2 atom stereocenters. The van der Waals surface area contributed by atoms with Crippen LogP contribution < -0.4 is 5.32 Å². The van der Waals surface area contributed by atoms with Crippen LogP contribution in [0.25, 0.3) is 0 Å². The van der Waals surface area contributed by atoms with Gasteiger partial charge in [0.1, 0.15) is 0 Å². The SMILES string of the molecule is C[C@H](N[C@@H](CN1CCOCC1)c1ccccc1)c1ccccc1. The molecule has 0 radical (unpaired) electrons. The van der Waals surface area contributed by atoms with Gasteiger partial charge in [0.15, 0.2) is 0 Å². The average Bonchev–Trinajstić information content (AvgIpc) is 2.63. The van der Waals surface area contributed by atoms with E-state index in [1.54, 1.807) is 0 Å². The summed E-state index contributed by atoms with van der Waals surface area (Å²) in [6.45, 7) is 6.98. The standard InChI is InChI=1S/C20H26N2O/c1-17(18-8-4-2-5-9-18)21-20(19-10-6-3-7-11-19)16-22-12-14-23-15-13-22/h2-11,17,20-21H,12-16H2,1H3/t17-,20-/m0/s1. The predicted octanol–water partition coefficient (Wildman–Crippen LogP) is 3.41. The Morgan fingerprint density at radius 3 is 2.09 bits per heavy atom. The van der Waals surface area contributed by atoms with Gasteiger partial charge in [0.25, 0.3) is 0 Å². The van der Waals surface area contributed by atoms with Gasteiger partial charge in [-0.15, -0.1) is 0 Å². The summed E-state index contributed by atoms with van der Waals surface area (Å²) in [5.74, 6) is 0. The quantitative estimate of drug-likeness (QED) is 0.885. The number of hydrogen-bond donors (Lipinski definition) is 1. The molecule has 0 aromatic heterocycles. The first-order valence-corrected chi connectivity index (χ1v) is 8.49. The maximum atomic E-state index is 5.48. The molecule has 122 valence electrons. The maximum Gasteiger partial charge on any atom is 0.0594 e. The summed E-state index contributed by atoms with van der Waals surface area (Å²) < 4.78 is 5.48. The molecule has 1 fully saturated rings. The molecule has 3 rings (SSSR count). The lowest BCUT2D eigenvalue weighted by Gasteiger charge is -2.32. The van der Waals surface area contributed by atoms with Gasteiger partial charge in [-0.3, -0.25) is 4.90 Å². The highest BCUT2D eigenvalue weighted by Crippen LogP contribution is 2.21. The Labute approximate surface area is 139 Å². The van der Waals surface area contributed by atoms with Crippen LogP contribution in [0, 0.1) is 0 Å². The third-order valence-electron chi connectivity index (χ3n) is 4.50. The smallest absolute Gasteiger partial charge is 0.0594 e. The van der Waals surface area contributed by atoms with Crippen molar-refractivity contribution in [1.29, 1.82) is 0 Å². The van der Waals surface area contributed by atoms with Gasteiger partial charge in [0.05, 0.1) is 13.2 Å². The van der Waals surface area contributed by atoms with Crippen molar-refractivity contribution in [3.63, 3.8) is 0 Å². The van der Waals surface area contributed by atoms with Crippen LogP contribution >= 0.6 is 0 Å². The molecule has 1 aliphatic rings. The molecule has 0 spiro atoms. The Morgan fingerprint density at radius 2 is 1.48 bits per heavy atom.